The average Bonchev–Trinajstić information content (AvgIpc) is 2.72. The molecule has 1 N–H and O–H groups in total. The van der Waals surface area contributed by atoms with E-state index >= 15 is 0 Å². The van der Waals surface area contributed by atoms with Crippen LogP contribution in [0.25, 0.3) is 16.6 Å². The van der Waals surface area contributed by atoms with E-state index in [9.17, 15) is 14.9 Å². The molecular formula is C27H30N4O2. The molecule has 0 saturated heterocycles. The molecule has 3 rings (SSSR count). The van der Waals surface area contributed by atoms with Gasteiger partial charge >= 0.3 is 0 Å². The predicted octanol–water partition coefficient (Wildman–Crippen LogP) is 5.05. The number of hydrogen-bond donors (Lipinski definition) is 1. The van der Waals surface area contributed by atoms with Gasteiger partial charge in [-0.3, -0.25) is 9.59 Å². The molecule has 0 radical (unpaired) electrons. The first-order valence-electron chi connectivity index (χ1n) is 11.0. The molecule has 0 atom stereocenters. The van der Waals surface area contributed by atoms with Crippen LogP contribution in [0.15, 0.2) is 47.0 Å². The Morgan fingerprint density at radius 1 is 1.12 bits per heavy atom. The number of carbonyl (C=O) groups is 1. The van der Waals surface area contributed by atoms with E-state index in [0.29, 0.717) is 28.8 Å². The third-order valence-electron chi connectivity index (χ3n) is 5.51. The van der Waals surface area contributed by atoms with Crippen LogP contribution in [0.3, 0.4) is 0 Å². The molecule has 0 unspecified atom stereocenters. The van der Waals surface area contributed by atoms with E-state index in [1.165, 1.54) is 0 Å². The maximum atomic E-state index is 13.4. The van der Waals surface area contributed by atoms with E-state index in [1.54, 1.807) is 22.9 Å². The second-order valence-electron chi connectivity index (χ2n) is 9.42. The number of nitrogens with one attached hydrogen (secondary N) is 1. The molecule has 170 valence electrons. The topological polar surface area (TPSA) is 87.8 Å². The zero-order valence-corrected chi connectivity index (χ0v) is 20.3. The summed E-state index contributed by atoms with van der Waals surface area (Å²) in [6, 6.07) is 11.6. The van der Waals surface area contributed by atoms with E-state index in [0.717, 1.165) is 22.4 Å². The first kappa shape index (κ1) is 23.9. The lowest BCUT2D eigenvalue weighted by atomic mass is 9.86. The van der Waals surface area contributed by atoms with Gasteiger partial charge in [0.25, 0.3) is 5.91 Å². The van der Waals surface area contributed by atoms with Crippen LogP contribution < -0.4 is 10.7 Å². The van der Waals surface area contributed by atoms with Gasteiger partial charge in [0.2, 0.25) is 5.43 Å². The molecule has 0 saturated carbocycles. The average molecular weight is 443 g/mol. The van der Waals surface area contributed by atoms with Gasteiger partial charge < -0.3 is 9.88 Å². The van der Waals surface area contributed by atoms with Crippen LogP contribution in [-0.2, 0) is 6.54 Å². The minimum atomic E-state index is -0.544. The normalized spacial score (nSPS) is 12.3. The Morgan fingerprint density at radius 3 is 2.30 bits per heavy atom. The molecule has 1 aromatic carbocycles. The van der Waals surface area contributed by atoms with E-state index in [2.05, 4.69) is 16.4 Å². The number of nitriles is 1. The van der Waals surface area contributed by atoms with Gasteiger partial charge in [0.05, 0.1) is 11.0 Å². The van der Waals surface area contributed by atoms with Crippen LogP contribution in [0.4, 0.5) is 0 Å². The third kappa shape index (κ3) is 4.88. The van der Waals surface area contributed by atoms with Crippen molar-refractivity contribution in [2.75, 3.05) is 0 Å². The lowest BCUT2D eigenvalue weighted by Crippen LogP contribution is -2.34. The van der Waals surface area contributed by atoms with Crippen molar-refractivity contribution in [3.8, 4) is 6.07 Å². The maximum absolute atomic E-state index is 13.4. The predicted molar refractivity (Wildman–Crippen MR) is 132 cm³/mol. The monoisotopic (exact) mass is 442 g/mol. The number of allylic oxidation sites excluding steroid dienone is 2. The summed E-state index contributed by atoms with van der Waals surface area (Å²) in [5.41, 5.74) is 4.11. The number of aryl methyl sites for hydroxylation is 4. The molecule has 0 aliphatic rings. The highest BCUT2D eigenvalue weighted by atomic mass is 16.2. The van der Waals surface area contributed by atoms with Crippen molar-refractivity contribution >= 4 is 22.5 Å². The number of hydrogen-bond acceptors (Lipinski definition) is 4. The summed E-state index contributed by atoms with van der Waals surface area (Å²) < 4.78 is 1.80. The number of rotatable bonds is 4. The Kier molecular flexibility index (Phi) is 6.55. The summed E-state index contributed by atoms with van der Waals surface area (Å²) in [6.45, 7) is 14.1. The zero-order chi connectivity index (χ0) is 24.5. The number of amides is 1. The molecule has 3 aromatic rings. The minimum Gasteiger partial charge on any atom is -0.332 e. The fourth-order valence-corrected chi connectivity index (χ4v) is 3.95. The Morgan fingerprint density at radius 2 is 1.76 bits per heavy atom. The molecule has 0 bridgehead atoms. The number of fused-ring (bicyclic) bond motifs is 1. The fourth-order valence-electron chi connectivity index (χ4n) is 3.95. The van der Waals surface area contributed by atoms with E-state index in [4.69, 9.17) is 0 Å². The first-order valence-corrected chi connectivity index (χ1v) is 11.0. The van der Waals surface area contributed by atoms with E-state index in [1.807, 2.05) is 66.7 Å². The second kappa shape index (κ2) is 9.03. The molecule has 0 spiro atoms. The van der Waals surface area contributed by atoms with Crippen LogP contribution >= 0.6 is 0 Å². The van der Waals surface area contributed by atoms with E-state index in [-0.39, 0.29) is 11.0 Å². The smallest absolute Gasteiger partial charge is 0.260 e. The molecular weight excluding hydrogens is 412 g/mol. The molecule has 0 aliphatic carbocycles. The largest absolute Gasteiger partial charge is 0.332 e. The summed E-state index contributed by atoms with van der Waals surface area (Å²) >= 11 is 0. The van der Waals surface area contributed by atoms with Crippen LogP contribution in [0.5, 0.6) is 0 Å². The SMILES string of the molecule is CCn1cc(C(=O)NC(=C(C#N)c2cc(C)cc(C)c2)C(C)(C)C)c(=O)c2ccc(C)nc21. The highest BCUT2D eigenvalue weighted by molar-refractivity contribution is 5.99. The van der Waals surface area contributed by atoms with Gasteiger partial charge in [0.1, 0.15) is 17.3 Å². The second-order valence-corrected chi connectivity index (χ2v) is 9.42. The first-order chi connectivity index (χ1) is 15.5. The van der Waals surface area contributed by atoms with Crippen LogP contribution in [0.1, 0.15) is 60.4 Å². The van der Waals surface area contributed by atoms with Gasteiger partial charge in [-0.2, -0.15) is 5.26 Å². The summed E-state index contributed by atoms with van der Waals surface area (Å²) in [5.74, 6) is -0.535. The van der Waals surface area contributed by atoms with Crippen molar-refractivity contribution in [3.63, 3.8) is 0 Å². The van der Waals surface area contributed by atoms with Gasteiger partial charge in [0.15, 0.2) is 0 Å². The van der Waals surface area contributed by atoms with Gasteiger partial charge in [-0.05, 0) is 45.4 Å². The Bertz CT molecular complexity index is 1360. The van der Waals surface area contributed by atoms with Crippen molar-refractivity contribution in [1.29, 1.82) is 5.26 Å². The molecule has 6 nitrogen and oxygen atoms in total. The minimum absolute atomic E-state index is 0.0227. The fraction of sp³-hybridized carbons (Fsp3) is 0.333. The summed E-state index contributed by atoms with van der Waals surface area (Å²) in [7, 11) is 0. The lowest BCUT2D eigenvalue weighted by Gasteiger charge is -2.26. The highest BCUT2D eigenvalue weighted by Crippen LogP contribution is 2.31. The molecule has 2 heterocycles. The maximum Gasteiger partial charge on any atom is 0.260 e. The number of nitrogens with zero attached hydrogens (tertiary/aromatic N) is 3. The van der Waals surface area contributed by atoms with Crippen molar-refractivity contribution in [2.24, 2.45) is 5.41 Å². The molecule has 1 amide bonds. The summed E-state index contributed by atoms with van der Waals surface area (Å²) in [5, 5.41) is 13.4. The zero-order valence-electron chi connectivity index (χ0n) is 20.3. The third-order valence-corrected chi connectivity index (χ3v) is 5.51. The van der Waals surface area contributed by atoms with Crippen LogP contribution in [0, 0.1) is 37.5 Å². The van der Waals surface area contributed by atoms with Crippen LogP contribution in [0.2, 0.25) is 0 Å². The van der Waals surface area contributed by atoms with Gasteiger partial charge in [-0.15, -0.1) is 0 Å². The number of benzene rings is 1. The highest BCUT2D eigenvalue weighted by Gasteiger charge is 2.26. The number of carbonyl (C=O) groups excluding carboxylic acids is 1. The molecule has 0 aliphatic heterocycles. The van der Waals surface area contributed by atoms with Crippen molar-refractivity contribution < 1.29 is 4.79 Å². The molecule has 33 heavy (non-hydrogen) atoms. The summed E-state index contributed by atoms with van der Waals surface area (Å²) in [4.78, 5) is 31.1. The van der Waals surface area contributed by atoms with Crippen LogP contribution in [-0.4, -0.2) is 15.5 Å². The number of aromatic nitrogens is 2. The Hall–Kier alpha value is -3.72. The standard InChI is InChI=1S/C27H30N4O2/c1-8-31-15-22(23(32)20-10-9-18(4)29-25(20)31)26(33)30-24(27(5,6)7)21(14-28)19-12-16(2)11-17(3)13-19/h9-13,15H,8H2,1-7H3,(H,30,33). The van der Waals surface area contributed by atoms with Gasteiger partial charge in [-0.1, -0.05) is 50.1 Å². The summed E-state index contributed by atoms with van der Waals surface area (Å²) in [6.07, 6.45) is 1.55. The van der Waals surface area contributed by atoms with E-state index < -0.39 is 11.3 Å². The Balaban J connectivity index is 2.19. The van der Waals surface area contributed by atoms with Crippen molar-refractivity contribution in [3.05, 3.63) is 80.4 Å². The van der Waals surface area contributed by atoms with Crippen molar-refractivity contribution in [1.82, 2.24) is 14.9 Å². The quantitative estimate of drug-likeness (QED) is 0.573. The molecule has 6 heteroatoms. The number of pyridine rings is 2. The molecule has 0 fully saturated rings. The lowest BCUT2D eigenvalue weighted by molar-refractivity contribution is 0.0956. The van der Waals surface area contributed by atoms with Gasteiger partial charge in [0, 0.05) is 29.5 Å². The van der Waals surface area contributed by atoms with Crippen molar-refractivity contribution in [2.45, 2.75) is 55.0 Å². The van der Waals surface area contributed by atoms with Gasteiger partial charge in [-0.25, -0.2) is 4.98 Å². The Labute approximate surface area is 194 Å². The molecule has 2 aromatic heterocycles.